The molecule has 0 aliphatic rings. The summed E-state index contributed by atoms with van der Waals surface area (Å²) in [6, 6.07) is 18.0. The second-order valence-electron chi connectivity index (χ2n) is 6.30. The smallest absolute Gasteiger partial charge is 0.251 e. The molecule has 0 atom stereocenters. The van der Waals surface area contributed by atoms with Gasteiger partial charge in [-0.05, 0) is 36.6 Å². The van der Waals surface area contributed by atoms with E-state index in [9.17, 15) is 4.79 Å². The van der Waals surface area contributed by atoms with Crippen molar-refractivity contribution in [3.63, 3.8) is 0 Å². The van der Waals surface area contributed by atoms with E-state index in [-0.39, 0.29) is 0 Å². The Bertz CT molecular complexity index is 910. The maximum absolute atomic E-state index is 12.3. The Balaban J connectivity index is 2.18. The van der Waals surface area contributed by atoms with Gasteiger partial charge in [0.15, 0.2) is 0 Å². The second kappa shape index (κ2) is 7.48. The molecule has 0 unspecified atom stereocenters. The van der Waals surface area contributed by atoms with Gasteiger partial charge in [0.25, 0.3) is 5.91 Å². The summed E-state index contributed by atoms with van der Waals surface area (Å²) in [6.45, 7) is 4.79. The maximum atomic E-state index is 12.3. The Morgan fingerprint density at radius 2 is 1.73 bits per heavy atom. The first-order chi connectivity index (χ1) is 12.6. The lowest BCUT2D eigenvalue weighted by Gasteiger charge is -2.12. The lowest BCUT2D eigenvalue weighted by molar-refractivity contribution is 0.1000. The largest absolute Gasteiger partial charge is 0.497 e. The zero-order valence-electron chi connectivity index (χ0n) is 15.5. The number of amides is 1. The lowest BCUT2D eigenvalue weighted by Crippen LogP contribution is -2.13. The number of carbonyl (C=O) groups excluding carboxylic acids is 1. The molecular weight excluding hydrogens is 324 g/mol. The van der Waals surface area contributed by atoms with Crippen LogP contribution in [0.5, 0.6) is 5.75 Å². The number of aromatic nitrogens is 1. The van der Waals surface area contributed by atoms with Crippen LogP contribution in [0, 0.1) is 6.92 Å². The Morgan fingerprint density at radius 1 is 1.08 bits per heavy atom. The van der Waals surface area contributed by atoms with Gasteiger partial charge in [-0.2, -0.15) is 0 Å². The number of nitrogens with zero attached hydrogens (tertiary/aromatic N) is 1. The van der Waals surface area contributed by atoms with Gasteiger partial charge in [-0.25, -0.2) is 0 Å². The summed E-state index contributed by atoms with van der Waals surface area (Å²) < 4.78 is 7.45. The highest BCUT2D eigenvalue weighted by atomic mass is 16.5. The van der Waals surface area contributed by atoms with Crippen LogP contribution >= 0.6 is 0 Å². The fourth-order valence-electron chi connectivity index (χ4n) is 3.52. The number of rotatable bonds is 6. The van der Waals surface area contributed by atoms with Gasteiger partial charge in [0, 0.05) is 23.5 Å². The first-order valence-corrected chi connectivity index (χ1v) is 8.76. The van der Waals surface area contributed by atoms with E-state index in [2.05, 4.69) is 23.6 Å². The van der Waals surface area contributed by atoms with Crippen LogP contribution in [0.2, 0.25) is 0 Å². The minimum absolute atomic E-state index is 0.394. The number of ether oxygens (including phenoxy) is 1. The van der Waals surface area contributed by atoms with Crippen LogP contribution in [0.4, 0.5) is 0 Å². The van der Waals surface area contributed by atoms with E-state index in [1.807, 2.05) is 49.4 Å². The predicted molar refractivity (Wildman–Crippen MR) is 105 cm³/mol. The van der Waals surface area contributed by atoms with Crippen LogP contribution in [0.1, 0.15) is 34.2 Å². The molecule has 4 heteroatoms. The molecule has 3 rings (SSSR count). The van der Waals surface area contributed by atoms with Crippen molar-refractivity contribution in [1.29, 1.82) is 0 Å². The first-order valence-electron chi connectivity index (χ1n) is 8.76. The number of hydrogen-bond acceptors (Lipinski definition) is 2. The molecule has 26 heavy (non-hydrogen) atoms. The highest BCUT2D eigenvalue weighted by Gasteiger charge is 2.24. The van der Waals surface area contributed by atoms with Gasteiger partial charge >= 0.3 is 0 Å². The molecule has 0 saturated carbocycles. The number of primary amides is 1. The van der Waals surface area contributed by atoms with Gasteiger partial charge in [-0.1, -0.05) is 49.4 Å². The second-order valence-corrected chi connectivity index (χ2v) is 6.30. The number of nitrogens with two attached hydrogens (primary N) is 1. The van der Waals surface area contributed by atoms with Crippen molar-refractivity contribution in [2.24, 2.45) is 5.73 Å². The van der Waals surface area contributed by atoms with Crippen LogP contribution < -0.4 is 10.5 Å². The standard InChI is InChI=1S/C22H24N2O2/c1-4-19-21(17-10-12-18(26-3)13-11-17)20(22(23)25)15(2)24(19)14-16-8-6-5-7-9-16/h5-13H,4,14H2,1-3H3,(H2,23,25). The van der Waals surface area contributed by atoms with Crippen molar-refractivity contribution in [2.75, 3.05) is 7.11 Å². The summed E-state index contributed by atoms with van der Waals surface area (Å²) >= 11 is 0. The minimum atomic E-state index is -0.394. The zero-order chi connectivity index (χ0) is 18.7. The molecule has 1 aromatic heterocycles. The molecule has 4 nitrogen and oxygen atoms in total. The Morgan fingerprint density at radius 3 is 2.27 bits per heavy atom. The summed E-state index contributed by atoms with van der Waals surface area (Å²) in [5.74, 6) is 0.391. The van der Waals surface area contributed by atoms with Gasteiger partial charge in [-0.3, -0.25) is 4.79 Å². The maximum Gasteiger partial charge on any atom is 0.251 e. The van der Waals surface area contributed by atoms with Crippen molar-refractivity contribution in [2.45, 2.75) is 26.8 Å². The number of benzene rings is 2. The van der Waals surface area contributed by atoms with Crippen molar-refractivity contribution < 1.29 is 9.53 Å². The molecule has 0 aliphatic heterocycles. The summed E-state index contributed by atoms with van der Waals surface area (Å²) in [5, 5.41) is 0. The molecule has 134 valence electrons. The van der Waals surface area contributed by atoms with E-state index in [0.29, 0.717) is 12.1 Å². The van der Waals surface area contributed by atoms with Gasteiger partial charge in [0.05, 0.1) is 12.7 Å². The van der Waals surface area contributed by atoms with E-state index in [0.717, 1.165) is 34.7 Å². The van der Waals surface area contributed by atoms with Crippen molar-refractivity contribution in [3.05, 3.63) is 77.1 Å². The molecule has 0 fully saturated rings. The van der Waals surface area contributed by atoms with E-state index in [1.54, 1.807) is 7.11 Å². The molecule has 2 aromatic carbocycles. The molecular formula is C22H24N2O2. The molecule has 0 aliphatic carbocycles. The third-order valence-electron chi connectivity index (χ3n) is 4.77. The molecule has 0 spiro atoms. The van der Waals surface area contributed by atoms with Crippen LogP contribution in [-0.2, 0) is 13.0 Å². The monoisotopic (exact) mass is 348 g/mol. The van der Waals surface area contributed by atoms with E-state index in [1.165, 1.54) is 5.56 Å². The quantitative estimate of drug-likeness (QED) is 0.726. The normalized spacial score (nSPS) is 10.7. The van der Waals surface area contributed by atoms with Crippen LogP contribution in [0.3, 0.4) is 0 Å². The van der Waals surface area contributed by atoms with Gasteiger partial charge < -0.3 is 15.0 Å². The van der Waals surface area contributed by atoms with Crippen LogP contribution in [-0.4, -0.2) is 17.6 Å². The van der Waals surface area contributed by atoms with Gasteiger partial charge in [0.2, 0.25) is 0 Å². The number of carbonyl (C=O) groups is 1. The summed E-state index contributed by atoms with van der Waals surface area (Å²) in [5.41, 5.74) is 11.5. The molecule has 2 N–H and O–H groups in total. The molecule has 0 radical (unpaired) electrons. The highest BCUT2D eigenvalue weighted by Crippen LogP contribution is 2.34. The topological polar surface area (TPSA) is 57.2 Å². The number of hydrogen-bond donors (Lipinski definition) is 1. The SMILES string of the molecule is CCc1c(-c2ccc(OC)cc2)c(C(N)=O)c(C)n1Cc1ccccc1. The average molecular weight is 348 g/mol. The molecule has 0 bridgehead atoms. The first kappa shape index (κ1) is 17.8. The Hall–Kier alpha value is -3.01. The van der Waals surface area contributed by atoms with Gasteiger partial charge in [-0.15, -0.1) is 0 Å². The van der Waals surface area contributed by atoms with E-state index in [4.69, 9.17) is 10.5 Å². The third kappa shape index (κ3) is 3.23. The molecule has 1 heterocycles. The summed E-state index contributed by atoms with van der Waals surface area (Å²) in [7, 11) is 1.64. The van der Waals surface area contributed by atoms with Crippen molar-refractivity contribution in [3.8, 4) is 16.9 Å². The Kier molecular flexibility index (Phi) is 5.12. The highest BCUT2D eigenvalue weighted by molar-refractivity contribution is 6.02. The lowest BCUT2D eigenvalue weighted by atomic mass is 9.98. The third-order valence-corrected chi connectivity index (χ3v) is 4.77. The van der Waals surface area contributed by atoms with Crippen LogP contribution in [0.15, 0.2) is 54.6 Å². The summed E-state index contributed by atoms with van der Waals surface area (Å²) in [6.07, 6.45) is 0.808. The average Bonchev–Trinajstić information content (AvgIpc) is 2.94. The van der Waals surface area contributed by atoms with Gasteiger partial charge in [0.1, 0.15) is 5.75 Å². The predicted octanol–water partition coefficient (Wildman–Crippen LogP) is 4.18. The minimum Gasteiger partial charge on any atom is -0.497 e. The molecule has 1 amide bonds. The molecule has 0 saturated heterocycles. The van der Waals surface area contributed by atoms with Crippen molar-refractivity contribution >= 4 is 5.91 Å². The fraction of sp³-hybridized carbons (Fsp3) is 0.227. The van der Waals surface area contributed by atoms with Crippen LogP contribution in [0.25, 0.3) is 11.1 Å². The Labute approximate surface area is 154 Å². The van der Waals surface area contributed by atoms with Crippen molar-refractivity contribution in [1.82, 2.24) is 4.57 Å². The fourth-order valence-corrected chi connectivity index (χ4v) is 3.52. The zero-order valence-corrected chi connectivity index (χ0v) is 15.5. The van der Waals surface area contributed by atoms with E-state index < -0.39 is 5.91 Å². The van der Waals surface area contributed by atoms with E-state index >= 15 is 0 Å². The summed E-state index contributed by atoms with van der Waals surface area (Å²) in [4.78, 5) is 12.3. The molecule has 3 aromatic rings. The number of methoxy groups -OCH3 is 1.